The summed E-state index contributed by atoms with van der Waals surface area (Å²) in [6, 6.07) is 12.3. The number of hydrogen-bond acceptors (Lipinski definition) is 6. The van der Waals surface area contributed by atoms with Crippen LogP contribution in [0, 0.1) is 0 Å². The van der Waals surface area contributed by atoms with Crippen molar-refractivity contribution in [3.63, 3.8) is 0 Å². The summed E-state index contributed by atoms with van der Waals surface area (Å²) in [6.45, 7) is 0.180. The van der Waals surface area contributed by atoms with Gasteiger partial charge in [-0.05, 0) is 47.5 Å². The van der Waals surface area contributed by atoms with Crippen LogP contribution >= 0.6 is 23.2 Å². The molecule has 33 heavy (non-hydrogen) atoms. The lowest BCUT2D eigenvalue weighted by molar-refractivity contribution is -0.140. The second kappa shape index (κ2) is 8.42. The molecule has 0 spiro atoms. The van der Waals surface area contributed by atoms with Crippen LogP contribution in [-0.2, 0) is 16.1 Å². The van der Waals surface area contributed by atoms with Crippen LogP contribution in [0.4, 0.5) is 0 Å². The number of amides is 1. The molecule has 1 atom stereocenters. The van der Waals surface area contributed by atoms with E-state index in [0.29, 0.717) is 27.6 Å². The number of fused-ring (bicyclic) bond motifs is 1. The van der Waals surface area contributed by atoms with Crippen LogP contribution in [0.2, 0.25) is 10.0 Å². The zero-order valence-corrected chi connectivity index (χ0v) is 18.5. The minimum atomic E-state index is -0.884. The number of benzene rings is 2. The molecule has 9 heteroatoms. The first kappa shape index (κ1) is 21.3. The third-order valence-corrected chi connectivity index (χ3v) is 6.26. The first-order chi connectivity index (χ1) is 15.9. The van der Waals surface area contributed by atoms with Gasteiger partial charge in [0.15, 0.2) is 11.5 Å². The normalized spacial score (nSPS) is 18.7. The minimum Gasteiger partial charge on any atom is -0.507 e. The van der Waals surface area contributed by atoms with Crippen LogP contribution in [0.3, 0.4) is 0 Å². The lowest BCUT2D eigenvalue weighted by atomic mass is 9.95. The van der Waals surface area contributed by atoms with Crippen LogP contribution in [0.15, 0.2) is 66.5 Å². The third-order valence-electron chi connectivity index (χ3n) is 5.52. The molecule has 0 radical (unpaired) electrons. The third kappa shape index (κ3) is 3.79. The summed E-state index contributed by atoms with van der Waals surface area (Å²) in [4.78, 5) is 31.7. The number of aliphatic hydroxyl groups excluding tert-OH is 1. The van der Waals surface area contributed by atoms with E-state index in [1.54, 1.807) is 60.9 Å². The fourth-order valence-corrected chi connectivity index (χ4v) is 4.27. The van der Waals surface area contributed by atoms with Gasteiger partial charge in [0.1, 0.15) is 5.76 Å². The maximum atomic E-state index is 13.2. The van der Waals surface area contributed by atoms with Crippen molar-refractivity contribution in [2.45, 2.75) is 12.6 Å². The number of ketones is 1. The van der Waals surface area contributed by atoms with Crippen molar-refractivity contribution >= 4 is 40.7 Å². The van der Waals surface area contributed by atoms with Crippen molar-refractivity contribution in [1.29, 1.82) is 0 Å². The molecule has 1 N–H and O–H groups in total. The lowest BCUT2D eigenvalue weighted by Gasteiger charge is -2.25. The number of pyridine rings is 1. The first-order valence-corrected chi connectivity index (χ1v) is 10.7. The topological polar surface area (TPSA) is 89.0 Å². The first-order valence-electron chi connectivity index (χ1n) is 9.96. The zero-order valence-electron chi connectivity index (χ0n) is 17.0. The maximum absolute atomic E-state index is 13.2. The van der Waals surface area contributed by atoms with Crippen LogP contribution < -0.4 is 9.47 Å². The van der Waals surface area contributed by atoms with Gasteiger partial charge in [0.25, 0.3) is 11.7 Å². The minimum absolute atomic E-state index is 0.0545. The van der Waals surface area contributed by atoms with E-state index in [9.17, 15) is 14.7 Å². The predicted molar refractivity (Wildman–Crippen MR) is 121 cm³/mol. The number of aromatic nitrogens is 1. The highest BCUT2D eigenvalue weighted by molar-refractivity contribution is 6.46. The van der Waals surface area contributed by atoms with Gasteiger partial charge in [-0.3, -0.25) is 14.6 Å². The van der Waals surface area contributed by atoms with E-state index in [-0.39, 0.29) is 29.7 Å². The molecular formula is C24H16Cl2N2O5. The van der Waals surface area contributed by atoms with Gasteiger partial charge in [0.2, 0.25) is 6.79 Å². The molecule has 0 aliphatic carbocycles. The summed E-state index contributed by atoms with van der Waals surface area (Å²) in [6.07, 6.45) is 3.23. The van der Waals surface area contributed by atoms with E-state index < -0.39 is 17.7 Å². The van der Waals surface area contributed by atoms with Crippen LogP contribution in [0.1, 0.15) is 22.7 Å². The van der Waals surface area contributed by atoms with Crippen molar-refractivity contribution in [2.24, 2.45) is 0 Å². The molecule has 1 aromatic heterocycles. The van der Waals surface area contributed by atoms with E-state index in [0.717, 1.165) is 5.56 Å². The van der Waals surface area contributed by atoms with E-state index in [1.807, 2.05) is 0 Å². The molecule has 3 heterocycles. The van der Waals surface area contributed by atoms with Crippen molar-refractivity contribution in [1.82, 2.24) is 9.88 Å². The summed E-state index contributed by atoms with van der Waals surface area (Å²) in [5.41, 5.74) is 1.53. The van der Waals surface area contributed by atoms with Gasteiger partial charge in [-0.15, -0.1) is 0 Å². The molecule has 166 valence electrons. The summed E-state index contributed by atoms with van der Waals surface area (Å²) in [7, 11) is 0. The zero-order chi connectivity index (χ0) is 23.1. The summed E-state index contributed by atoms with van der Waals surface area (Å²) < 4.78 is 10.7. The second-order valence-electron chi connectivity index (χ2n) is 7.53. The number of ether oxygens (including phenoxy) is 2. The molecular weight excluding hydrogens is 467 g/mol. The van der Waals surface area contributed by atoms with E-state index in [1.165, 1.54) is 4.90 Å². The van der Waals surface area contributed by atoms with Crippen molar-refractivity contribution < 1.29 is 24.2 Å². The molecule has 1 fully saturated rings. The lowest BCUT2D eigenvalue weighted by Crippen LogP contribution is -2.29. The molecule has 0 bridgehead atoms. The van der Waals surface area contributed by atoms with Gasteiger partial charge in [-0.25, -0.2) is 0 Å². The molecule has 7 nitrogen and oxygen atoms in total. The van der Waals surface area contributed by atoms with Crippen molar-refractivity contribution in [3.05, 3.63) is 93.2 Å². The smallest absolute Gasteiger partial charge is 0.295 e. The highest BCUT2D eigenvalue weighted by Gasteiger charge is 2.46. The number of likely N-dealkylation sites (tertiary alicyclic amines) is 1. The number of hydrogen-bond donors (Lipinski definition) is 1. The van der Waals surface area contributed by atoms with E-state index in [2.05, 4.69) is 4.98 Å². The standard InChI is InChI=1S/C24H16Cl2N2O5/c25-16-5-3-14(8-17(16)26)21-20(22(29)15-4-6-18-19(9-15)33-12-32-18)23(30)24(31)28(21)11-13-2-1-7-27-10-13/h1-10,21,29H,11-12H2/t21-/m0/s1. The average Bonchev–Trinajstić information content (AvgIpc) is 3.39. The molecule has 2 aliphatic heterocycles. The van der Waals surface area contributed by atoms with E-state index >= 15 is 0 Å². The Hall–Kier alpha value is -3.55. The molecule has 0 unspecified atom stereocenters. The van der Waals surface area contributed by atoms with Gasteiger partial charge < -0.3 is 19.5 Å². The molecule has 0 saturated carbocycles. The molecule has 2 aromatic carbocycles. The number of nitrogens with zero attached hydrogens (tertiary/aromatic N) is 2. The SMILES string of the molecule is O=C1C(=O)N(Cc2cccnc2)[C@@H](c2ccc(Cl)c(Cl)c2)C1=C(O)c1ccc2c(c1)OCO2. The largest absolute Gasteiger partial charge is 0.507 e. The van der Waals surface area contributed by atoms with Crippen LogP contribution in [0.25, 0.3) is 5.76 Å². The van der Waals surface area contributed by atoms with Gasteiger partial charge in [-0.1, -0.05) is 35.3 Å². The van der Waals surface area contributed by atoms with E-state index in [4.69, 9.17) is 32.7 Å². The monoisotopic (exact) mass is 482 g/mol. The van der Waals surface area contributed by atoms with Crippen molar-refractivity contribution in [2.75, 3.05) is 6.79 Å². The van der Waals surface area contributed by atoms with Crippen LogP contribution in [0.5, 0.6) is 11.5 Å². The molecule has 5 rings (SSSR count). The summed E-state index contributed by atoms with van der Waals surface area (Å²) in [5.74, 6) is -0.891. The number of carbonyl (C=O) groups is 2. The van der Waals surface area contributed by atoms with Crippen LogP contribution in [-0.4, -0.2) is 33.5 Å². The Morgan fingerprint density at radius 2 is 1.88 bits per heavy atom. The van der Waals surface area contributed by atoms with Crippen molar-refractivity contribution in [3.8, 4) is 11.5 Å². The molecule has 1 amide bonds. The van der Waals surface area contributed by atoms with Gasteiger partial charge in [0.05, 0.1) is 21.7 Å². The second-order valence-corrected chi connectivity index (χ2v) is 8.34. The van der Waals surface area contributed by atoms with Gasteiger partial charge in [-0.2, -0.15) is 0 Å². The summed E-state index contributed by atoms with van der Waals surface area (Å²) >= 11 is 12.3. The Balaban J connectivity index is 1.66. The molecule has 3 aromatic rings. The average molecular weight is 483 g/mol. The fraction of sp³-hybridized carbons (Fsp3) is 0.125. The Morgan fingerprint density at radius 1 is 1.06 bits per heavy atom. The number of carbonyl (C=O) groups excluding carboxylic acids is 2. The quantitative estimate of drug-likeness (QED) is 0.328. The Kier molecular flexibility index (Phi) is 5.44. The van der Waals surface area contributed by atoms with Gasteiger partial charge in [0, 0.05) is 24.5 Å². The van der Waals surface area contributed by atoms with Gasteiger partial charge >= 0.3 is 0 Å². The predicted octanol–water partition coefficient (Wildman–Crippen LogP) is 4.74. The Bertz CT molecular complexity index is 1310. The molecule has 1 saturated heterocycles. The number of aliphatic hydroxyl groups is 1. The Morgan fingerprint density at radius 3 is 2.64 bits per heavy atom. The Labute approximate surface area is 198 Å². The highest BCUT2D eigenvalue weighted by Crippen LogP contribution is 2.43. The maximum Gasteiger partial charge on any atom is 0.295 e. The number of rotatable bonds is 4. The number of halogens is 2. The highest BCUT2D eigenvalue weighted by atomic mass is 35.5. The fourth-order valence-electron chi connectivity index (χ4n) is 3.96. The molecule has 2 aliphatic rings. The number of Topliss-reactive ketones (excluding diaryl/α,β-unsaturated/α-hetero) is 1. The summed E-state index contributed by atoms with van der Waals surface area (Å²) in [5, 5.41) is 11.8.